The van der Waals surface area contributed by atoms with Crippen LogP contribution in [0.2, 0.25) is 0 Å². The summed E-state index contributed by atoms with van der Waals surface area (Å²) in [5.41, 5.74) is 0.651. The predicted octanol–water partition coefficient (Wildman–Crippen LogP) is 2.43. The molecule has 0 heterocycles. The molecule has 2 nitrogen and oxygen atoms in total. The summed E-state index contributed by atoms with van der Waals surface area (Å²) in [5.74, 6) is -0.338. The second-order valence-corrected chi connectivity index (χ2v) is 3.79. The van der Waals surface area contributed by atoms with Gasteiger partial charge in [0, 0.05) is 6.42 Å². The van der Waals surface area contributed by atoms with Gasteiger partial charge in [0.05, 0.1) is 0 Å². The van der Waals surface area contributed by atoms with Crippen molar-refractivity contribution in [2.24, 2.45) is 0 Å². The van der Waals surface area contributed by atoms with Crippen molar-refractivity contribution in [2.75, 3.05) is 0 Å². The smallest absolute Gasteiger partial charge is 0.225 e. The summed E-state index contributed by atoms with van der Waals surface area (Å²) >= 11 is 2.65. The molecule has 1 aromatic rings. The van der Waals surface area contributed by atoms with Gasteiger partial charge in [0.1, 0.15) is 5.82 Å². The van der Waals surface area contributed by atoms with Crippen LogP contribution in [-0.4, -0.2) is 14.9 Å². The van der Waals surface area contributed by atoms with Gasteiger partial charge >= 0.3 is 0 Å². The number of rotatable bonds is 2. The average molecular weight is 265 g/mol. The molecule has 0 unspecified atom stereocenters. The van der Waals surface area contributed by atoms with Crippen molar-refractivity contribution in [1.82, 2.24) is 0 Å². The number of halogens is 2. The molecule has 1 aromatic carbocycles. The normalized spacial score (nSPS) is 10.4. The highest BCUT2D eigenvalue weighted by atomic mass is 79.9. The molecule has 0 spiro atoms. The lowest BCUT2D eigenvalue weighted by atomic mass is 10.1. The van der Waals surface area contributed by atoms with E-state index in [0.717, 1.165) is 0 Å². The van der Waals surface area contributed by atoms with E-state index >= 15 is 0 Å². The van der Waals surface area contributed by atoms with Crippen LogP contribution in [0.15, 0.2) is 24.3 Å². The molecular formula is C10H14BrFO2. The first kappa shape index (κ1) is 13.5. The third kappa shape index (κ3) is 6.07. The lowest BCUT2D eigenvalue weighted by Crippen LogP contribution is -2.21. The Morgan fingerprint density at radius 2 is 1.64 bits per heavy atom. The maximum absolute atomic E-state index is 12.4. The first-order valence-corrected chi connectivity index (χ1v) is 5.15. The molecule has 0 aliphatic rings. The fraction of sp³-hybridized carbons (Fsp3) is 0.400. The molecule has 0 aliphatic heterocycles. The van der Waals surface area contributed by atoms with Crippen molar-refractivity contribution in [3.05, 3.63) is 35.6 Å². The highest BCUT2D eigenvalue weighted by molar-refractivity contribution is 9.09. The van der Waals surface area contributed by atoms with Gasteiger partial charge in [-0.05, 0) is 33.6 Å². The first-order chi connectivity index (χ1) is 6.47. The van der Waals surface area contributed by atoms with Gasteiger partial charge in [-0.3, -0.25) is 0 Å². The summed E-state index contributed by atoms with van der Waals surface area (Å²) in [4.78, 5) is 0. The Balaban J connectivity index is 0.000000791. The van der Waals surface area contributed by atoms with Crippen LogP contribution in [0.5, 0.6) is 0 Å². The lowest BCUT2D eigenvalue weighted by Gasteiger charge is -2.12. The lowest BCUT2D eigenvalue weighted by molar-refractivity contribution is -0.0671. The number of alkyl halides is 1. The second-order valence-electron chi connectivity index (χ2n) is 2.52. The van der Waals surface area contributed by atoms with Crippen molar-refractivity contribution in [3.8, 4) is 0 Å². The maximum atomic E-state index is 12.4. The fourth-order valence-corrected chi connectivity index (χ4v) is 1.19. The molecule has 0 saturated carbocycles. The zero-order valence-corrected chi connectivity index (χ0v) is 9.75. The molecule has 0 radical (unpaired) electrons. The molecule has 0 amide bonds. The Labute approximate surface area is 91.5 Å². The molecule has 4 heteroatoms. The van der Waals surface area contributed by atoms with Gasteiger partial charge in [-0.1, -0.05) is 26.0 Å². The Kier molecular flexibility index (Phi) is 5.92. The van der Waals surface area contributed by atoms with Gasteiger partial charge in [-0.25, -0.2) is 4.39 Å². The van der Waals surface area contributed by atoms with Crippen molar-refractivity contribution in [2.45, 2.75) is 25.0 Å². The molecule has 1 rings (SSSR count). The largest absolute Gasteiger partial charge is 0.357 e. The van der Waals surface area contributed by atoms with Gasteiger partial charge in [0.15, 0.2) is 0 Å². The highest BCUT2D eigenvalue weighted by Gasteiger charge is 2.17. The molecule has 0 saturated heterocycles. The van der Waals surface area contributed by atoms with E-state index < -0.39 is 4.70 Å². The van der Waals surface area contributed by atoms with E-state index in [1.165, 1.54) is 24.3 Å². The second kappa shape index (κ2) is 6.11. The number of aliphatic hydroxyl groups is 2. The van der Waals surface area contributed by atoms with Crippen LogP contribution in [0.3, 0.4) is 0 Å². The van der Waals surface area contributed by atoms with Crippen molar-refractivity contribution >= 4 is 15.9 Å². The summed E-state index contributed by atoms with van der Waals surface area (Å²) in [6.07, 6.45) is 0.0211. The monoisotopic (exact) mass is 264 g/mol. The van der Waals surface area contributed by atoms with Crippen LogP contribution in [-0.2, 0) is 6.42 Å². The standard InChI is InChI=1S/C8H8BrFO2.C2H6/c9-8(11,12)5-6-1-3-7(10)4-2-6;1-2/h1-4,11-12H,5H2;1-2H3. The highest BCUT2D eigenvalue weighted by Crippen LogP contribution is 2.16. The molecule has 14 heavy (non-hydrogen) atoms. The summed E-state index contributed by atoms with van der Waals surface area (Å²) in [5, 5.41) is 17.8. The van der Waals surface area contributed by atoms with Gasteiger partial charge < -0.3 is 10.2 Å². The van der Waals surface area contributed by atoms with Crippen LogP contribution < -0.4 is 0 Å². The quantitative estimate of drug-likeness (QED) is 0.637. The minimum atomic E-state index is -1.91. The predicted molar refractivity (Wildman–Crippen MR) is 57.5 cm³/mol. The third-order valence-corrected chi connectivity index (χ3v) is 1.62. The van der Waals surface area contributed by atoms with Crippen LogP contribution in [0, 0.1) is 5.82 Å². The maximum Gasteiger partial charge on any atom is 0.225 e. The minimum Gasteiger partial charge on any atom is -0.357 e. The average Bonchev–Trinajstić information content (AvgIpc) is 2.10. The van der Waals surface area contributed by atoms with Crippen LogP contribution in [0.1, 0.15) is 19.4 Å². The topological polar surface area (TPSA) is 40.5 Å². The van der Waals surface area contributed by atoms with E-state index in [4.69, 9.17) is 10.2 Å². The van der Waals surface area contributed by atoms with E-state index in [9.17, 15) is 4.39 Å². The molecule has 80 valence electrons. The minimum absolute atomic E-state index is 0.0211. The number of hydrogen-bond acceptors (Lipinski definition) is 2. The summed E-state index contributed by atoms with van der Waals surface area (Å²) < 4.78 is 10.5. The molecule has 0 aliphatic carbocycles. The van der Waals surface area contributed by atoms with Crippen molar-refractivity contribution < 1.29 is 14.6 Å². The third-order valence-electron chi connectivity index (χ3n) is 1.34. The summed E-state index contributed by atoms with van der Waals surface area (Å²) in [6.45, 7) is 4.00. The molecule has 0 aromatic heterocycles. The Hall–Kier alpha value is -0.450. The number of hydrogen-bond donors (Lipinski definition) is 2. The summed E-state index contributed by atoms with van der Waals surface area (Å²) in [6, 6.07) is 5.54. The van der Waals surface area contributed by atoms with E-state index in [2.05, 4.69) is 15.9 Å². The molecule has 0 atom stereocenters. The Morgan fingerprint density at radius 3 is 2.00 bits per heavy atom. The fourth-order valence-electron chi connectivity index (χ4n) is 0.862. The van der Waals surface area contributed by atoms with Crippen molar-refractivity contribution in [3.63, 3.8) is 0 Å². The van der Waals surface area contributed by atoms with E-state index in [-0.39, 0.29) is 12.2 Å². The molecule has 0 bridgehead atoms. The van der Waals surface area contributed by atoms with Crippen LogP contribution in [0.25, 0.3) is 0 Å². The zero-order chi connectivity index (χ0) is 11.2. The Bertz CT molecular complexity index is 254. The van der Waals surface area contributed by atoms with Gasteiger partial charge in [-0.15, -0.1) is 0 Å². The van der Waals surface area contributed by atoms with Gasteiger partial charge in [-0.2, -0.15) is 0 Å². The zero-order valence-electron chi connectivity index (χ0n) is 8.17. The van der Waals surface area contributed by atoms with Gasteiger partial charge in [0.2, 0.25) is 4.70 Å². The van der Waals surface area contributed by atoms with E-state index in [0.29, 0.717) is 5.56 Å². The van der Waals surface area contributed by atoms with Gasteiger partial charge in [0.25, 0.3) is 0 Å². The molecule has 0 fully saturated rings. The van der Waals surface area contributed by atoms with Crippen molar-refractivity contribution in [1.29, 1.82) is 0 Å². The molecule has 2 N–H and O–H groups in total. The van der Waals surface area contributed by atoms with Crippen LogP contribution >= 0.6 is 15.9 Å². The van der Waals surface area contributed by atoms with E-state index in [1.807, 2.05) is 13.8 Å². The first-order valence-electron chi connectivity index (χ1n) is 4.35. The molecular weight excluding hydrogens is 251 g/mol. The van der Waals surface area contributed by atoms with E-state index in [1.54, 1.807) is 0 Å². The summed E-state index contributed by atoms with van der Waals surface area (Å²) in [7, 11) is 0. The van der Waals surface area contributed by atoms with Crippen LogP contribution in [0.4, 0.5) is 4.39 Å². The Morgan fingerprint density at radius 1 is 1.21 bits per heavy atom. The number of benzene rings is 1. The SMILES string of the molecule is CC.OC(O)(Br)Cc1ccc(F)cc1.